The normalized spacial score (nSPS) is 10.8. The Bertz CT molecular complexity index is 418. The van der Waals surface area contributed by atoms with Gasteiger partial charge in [-0.15, -0.1) is 0 Å². The van der Waals surface area contributed by atoms with Crippen LogP contribution in [0.1, 0.15) is 75.3 Å². The van der Waals surface area contributed by atoms with Gasteiger partial charge in [0.05, 0.1) is 6.54 Å². The molecule has 3 heteroatoms. The monoisotopic (exact) mass is 305 g/mol. The first-order valence-electron chi connectivity index (χ1n) is 8.81. The highest BCUT2D eigenvalue weighted by atomic mass is 16.3. The van der Waals surface area contributed by atoms with Gasteiger partial charge in [0.2, 0.25) is 0 Å². The third-order valence-electron chi connectivity index (χ3n) is 4.19. The number of nitroso groups, excluding NO2 is 1. The molecule has 0 aliphatic rings. The molecule has 0 aliphatic heterocycles. The van der Waals surface area contributed by atoms with Crippen LogP contribution >= 0.6 is 0 Å². The van der Waals surface area contributed by atoms with Gasteiger partial charge in [0.25, 0.3) is 0 Å². The van der Waals surface area contributed by atoms with Crippen molar-refractivity contribution in [2.24, 2.45) is 5.18 Å². The molecular formula is C19H31NO2. The van der Waals surface area contributed by atoms with E-state index in [0.717, 1.165) is 36.8 Å². The van der Waals surface area contributed by atoms with Crippen molar-refractivity contribution in [2.75, 3.05) is 6.54 Å². The van der Waals surface area contributed by atoms with Crippen LogP contribution in [0.5, 0.6) is 5.75 Å². The van der Waals surface area contributed by atoms with Crippen molar-refractivity contribution >= 4 is 0 Å². The maximum atomic E-state index is 9.93. The summed E-state index contributed by atoms with van der Waals surface area (Å²) >= 11 is 0. The first-order valence-corrected chi connectivity index (χ1v) is 8.81. The van der Waals surface area contributed by atoms with Crippen molar-refractivity contribution in [1.82, 2.24) is 0 Å². The van der Waals surface area contributed by atoms with Crippen LogP contribution in [0.15, 0.2) is 23.4 Å². The van der Waals surface area contributed by atoms with Gasteiger partial charge in [-0.05, 0) is 43.4 Å². The Morgan fingerprint density at radius 2 is 1.41 bits per heavy atom. The molecule has 0 saturated heterocycles. The first kappa shape index (κ1) is 18.7. The van der Waals surface area contributed by atoms with E-state index in [2.05, 4.69) is 11.2 Å². The van der Waals surface area contributed by atoms with E-state index in [-0.39, 0.29) is 0 Å². The third-order valence-corrected chi connectivity index (χ3v) is 4.19. The van der Waals surface area contributed by atoms with Crippen LogP contribution in [0.25, 0.3) is 0 Å². The van der Waals surface area contributed by atoms with E-state index in [1.165, 1.54) is 44.9 Å². The molecular weight excluding hydrogens is 274 g/mol. The molecule has 0 saturated carbocycles. The number of phenolic OH excluding ortho intramolecular Hbond substituents is 1. The van der Waals surface area contributed by atoms with Crippen LogP contribution < -0.4 is 0 Å². The van der Waals surface area contributed by atoms with Gasteiger partial charge in [-0.3, -0.25) is 0 Å². The maximum absolute atomic E-state index is 9.93. The lowest BCUT2D eigenvalue weighted by Crippen LogP contribution is -1.88. The molecule has 0 bridgehead atoms. The topological polar surface area (TPSA) is 49.7 Å². The molecule has 0 amide bonds. The van der Waals surface area contributed by atoms with Crippen LogP contribution in [0.3, 0.4) is 0 Å². The van der Waals surface area contributed by atoms with Crippen molar-refractivity contribution in [1.29, 1.82) is 0 Å². The molecule has 0 aliphatic carbocycles. The second kappa shape index (κ2) is 12.2. The number of aromatic hydroxyl groups is 1. The minimum Gasteiger partial charge on any atom is -0.508 e. The van der Waals surface area contributed by atoms with Crippen molar-refractivity contribution in [3.63, 3.8) is 0 Å². The number of unbranched alkanes of at least 4 members (excludes halogenated alkanes) is 9. The maximum Gasteiger partial charge on any atom is 0.119 e. The van der Waals surface area contributed by atoms with Crippen LogP contribution in [0.4, 0.5) is 0 Å². The Hall–Kier alpha value is -1.38. The predicted molar refractivity (Wildman–Crippen MR) is 93.4 cm³/mol. The highest BCUT2D eigenvalue weighted by Gasteiger charge is 2.01. The molecule has 124 valence electrons. The van der Waals surface area contributed by atoms with Gasteiger partial charge in [0.1, 0.15) is 5.75 Å². The lowest BCUT2D eigenvalue weighted by Gasteiger charge is -2.06. The summed E-state index contributed by atoms with van der Waals surface area (Å²) in [5, 5.41) is 12.7. The number of hydrogen-bond donors (Lipinski definition) is 1. The summed E-state index contributed by atoms with van der Waals surface area (Å²) in [6, 6.07) is 5.96. The van der Waals surface area contributed by atoms with Crippen molar-refractivity contribution in [3.8, 4) is 5.75 Å². The van der Waals surface area contributed by atoms with E-state index in [0.29, 0.717) is 12.3 Å². The summed E-state index contributed by atoms with van der Waals surface area (Å²) in [6.07, 6.45) is 13.3. The van der Waals surface area contributed by atoms with Gasteiger partial charge in [0.15, 0.2) is 0 Å². The summed E-state index contributed by atoms with van der Waals surface area (Å²) in [7, 11) is 0. The molecule has 1 aromatic rings. The first-order chi connectivity index (χ1) is 10.7. The highest BCUT2D eigenvalue weighted by Crippen LogP contribution is 2.21. The zero-order chi connectivity index (χ0) is 16.0. The minimum atomic E-state index is 0.449. The van der Waals surface area contributed by atoms with Gasteiger partial charge < -0.3 is 5.11 Å². The number of phenols is 1. The number of rotatable bonds is 13. The fraction of sp³-hybridized carbons (Fsp3) is 0.684. The Morgan fingerprint density at radius 1 is 0.864 bits per heavy atom. The minimum absolute atomic E-state index is 0.449. The van der Waals surface area contributed by atoms with Gasteiger partial charge in [-0.1, -0.05) is 68.7 Å². The lowest BCUT2D eigenvalue weighted by atomic mass is 10.0. The molecule has 22 heavy (non-hydrogen) atoms. The van der Waals surface area contributed by atoms with Crippen LogP contribution in [-0.4, -0.2) is 11.7 Å². The molecule has 1 rings (SSSR count). The van der Waals surface area contributed by atoms with E-state index >= 15 is 0 Å². The second-order valence-corrected chi connectivity index (χ2v) is 6.27. The van der Waals surface area contributed by atoms with E-state index < -0.39 is 0 Å². The molecule has 0 heterocycles. The Labute approximate surface area is 135 Å². The Kier molecular flexibility index (Phi) is 10.3. The highest BCUT2D eigenvalue weighted by molar-refractivity contribution is 5.35. The van der Waals surface area contributed by atoms with Gasteiger partial charge in [-0.25, -0.2) is 0 Å². The zero-order valence-electron chi connectivity index (χ0n) is 14.0. The Balaban J connectivity index is 1.90. The second-order valence-electron chi connectivity index (χ2n) is 6.27. The molecule has 0 fully saturated rings. The third kappa shape index (κ3) is 8.81. The quantitative estimate of drug-likeness (QED) is 0.364. The zero-order valence-corrected chi connectivity index (χ0v) is 14.0. The van der Waals surface area contributed by atoms with Crippen LogP contribution in [0, 0.1) is 11.8 Å². The van der Waals surface area contributed by atoms with E-state index in [1.54, 1.807) is 0 Å². The summed E-state index contributed by atoms with van der Waals surface area (Å²) in [5.41, 5.74) is 2.19. The number of aryl methyl sites for hydroxylation is 2. The number of hydrogen-bond acceptors (Lipinski definition) is 3. The van der Waals surface area contributed by atoms with Crippen molar-refractivity contribution in [2.45, 2.75) is 77.6 Å². The van der Waals surface area contributed by atoms with Gasteiger partial charge in [-0.2, -0.15) is 4.91 Å². The summed E-state index contributed by atoms with van der Waals surface area (Å²) < 4.78 is 0. The summed E-state index contributed by atoms with van der Waals surface area (Å²) in [5.74, 6) is 0.449. The fourth-order valence-electron chi connectivity index (χ4n) is 2.79. The van der Waals surface area contributed by atoms with Crippen molar-refractivity contribution in [3.05, 3.63) is 34.2 Å². The molecule has 1 N–H and O–H groups in total. The predicted octanol–water partition coefficient (Wildman–Crippen LogP) is 5.91. The Morgan fingerprint density at radius 3 is 1.95 bits per heavy atom. The van der Waals surface area contributed by atoms with Crippen LogP contribution in [-0.2, 0) is 6.42 Å². The molecule has 3 nitrogen and oxygen atoms in total. The van der Waals surface area contributed by atoms with Crippen LogP contribution in [0.2, 0.25) is 0 Å². The lowest BCUT2D eigenvalue weighted by molar-refractivity contribution is 0.465. The van der Waals surface area contributed by atoms with E-state index in [1.807, 2.05) is 19.1 Å². The summed E-state index contributed by atoms with van der Waals surface area (Å²) in [6.45, 7) is 2.49. The molecule has 0 spiro atoms. The molecule has 1 aromatic carbocycles. The number of benzene rings is 1. The van der Waals surface area contributed by atoms with E-state index in [9.17, 15) is 10.0 Å². The molecule has 0 atom stereocenters. The summed E-state index contributed by atoms with van der Waals surface area (Å²) in [4.78, 5) is 9.93. The standard InChI is InChI=1S/C19H31NO2/c1-17-13-14-18(19(21)16-17)12-10-8-6-4-2-3-5-7-9-11-15-20-22/h13-14,16,21H,2-12,15H2,1H3. The largest absolute Gasteiger partial charge is 0.508 e. The van der Waals surface area contributed by atoms with Crippen molar-refractivity contribution < 1.29 is 5.11 Å². The average molecular weight is 305 g/mol. The molecule has 0 unspecified atom stereocenters. The molecule has 0 radical (unpaired) electrons. The van der Waals surface area contributed by atoms with Gasteiger partial charge in [0, 0.05) is 0 Å². The number of nitrogens with zero attached hydrogens (tertiary/aromatic N) is 1. The van der Waals surface area contributed by atoms with Gasteiger partial charge >= 0.3 is 0 Å². The average Bonchev–Trinajstić information content (AvgIpc) is 2.50. The molecule has 0 aromatic heterocycles. The SMILES string of the molecule is Cc1ccc(CCCCCCCCCCCCN=O)c(O)c1. The van der Waals surface area contributed by atoms with E-state index in [4.69, 9.17) is 0 Å². The smallest absolute Gasteiger partial charge is 0.119 e. The fourth-order valence-corrected chi connectivity index (χ4v) is 2.79.